The standard InChI is InChI=1S/C24H22FN5O2/c1-14-8-17(25)10-18-23(14)27-12-16(11-26)24(18)29(3)13-22(32)30-15(2)9-21(31)28-19-6-4-5-7-20(19)30/h4-8,10,12,15H,9,13H2,1-3H3,(H,28,31). The van der Waals surface area contributed by atoms with E-state index in [2.05, 4.69) is 16.4 Å². The maximum absolute atomic E-state index is 14.2. The Labute approximate surface area is 185 Å². The van der Waals surface area contributed by atoms with E-state index in [1.807, 2.05) is 13.0 Å². The second-order valence-electron chi connectivity index (χ2n) is 7.99. The molecule has 0 aliphatic carbocycles. The van der Waals surface area contributed by atoms with Crippen LogP contribution in [0.4, 0.5) is 21.5 Å². The van der Waals surface area contributed by atoms with Gasteiger partial charge in [0, 0.05) is 31.1 Å². The smallest absolute Gasteiger partial charge is 0.246 e. The zero-order chi connectivity index (χ0) is 23.0. The van der Waals surface area contributed by atoms with Crippen LogP contribution in [0.1, 0.15) is 24.5 Å². The predicted octanol–water partition coefficient (Wildman–Crippen LogP) is 3.75. The molecule has 0 spiro atoms. The fraction of sp³-hybridized carbons (Fsp3) is 0.250. The number of halogens is 1. The molecule has 2 amide bonds. The summed E-state index contributed by atoms with van der Waals surface area (Å²) < 4.78 is 14.2. The van der Waals surface area contributed by atoms with Crippen molar-refractivity contribution in [3.05, 3.63) is 59.5 Å². The lowest BCUT2D eigenvalue weighted by atomic mass is 10.1. The molecule has 1 aromatic heterocycles. The molecule has 2 heterocycles. The van der Waals surface area contributed by atoms with Gasteiger partial charge in [0.2, 0.25) is 11.8 Å². The Morgan fingerprint density at radius 2 is 2.12 bits per heavy atom. The molecule has 32 heavy (non-hydrogen) atoms. The van der Waals surface area contributed by atoms with Gasteiger partial charge in [-0.25, -0.2) is 4.39 Å². The molecular formula is C24H22FN5O2. The number of hydrogen-bond donors (Lipinski definition) is 1. The normalized spacial score (nSPS) is 15.5. The Bertz CT molecular complexity index is 1280. The molecule has 0 fully saturated rings. The van der Waals surface area contributed by atoms with Gasteiger partial charge in [-0.1, -0.05) is 12.1 Å². The molecule has 0 saturated carbocycles. The van der Waals surface area contributed by atoms with Gasteiger partial charge >= 0.3 is 0 Å². The number of para-hydroxylation sites is 2. The monoisotopic (exact) mass is 431 g/mol. The minimum atomic E-state index is -0.437. The molecule has 1 aliphatic rings. The molecule has 1 unspecified atom stereocenters. The Hall–Kier alpha value is -3.99. The highest BCUT2D eigenvalue weighted by molar-refractivity contribution is 6.06. The van der Waals surface area contributed by atoms with Crippen molar-refractivity contribution in [2.45, 2.75) is 26.3 Å². The van der Waals surface area contributed by atoms with E-state index < -0.39 is 5.82 Å². The number of nitrogens with one attached hydrogen (secondary N) is 1. The first-order valence-corrected chi connectivity index (χ1v) is 10.2. The van der Waals surface area contributed by atoms with Gasteiger partial charge in [0.05, 0.1) is 34.7 Å². The topological polar surface area (TPSA) is 89.3 Å². The molecule has 0 radical (unpaired) electrons. The van der Waals surface area contributed by atoms with E-state index in [4.69, 9.17) is 0 Å². The van der Waals surface area contributed by atoms with E-state index in [1.54, 1.807) is 42.0 Å². The van der Waals surface area contributed by atoms with Crippen molar-refractivity contribution in [3.63, 3.8) is 0 Å². The first-order valence-electron chi connectivity index (χ1n) is 10.2. The molecule has 0 bridgehead atoms. The van der Waals surface area contributed by atoms with Gasteiger partial charge in [-0.3, -0.25) is 14.6 Å². The number of amides is 2. The number of likely N-dealkylation sites (N-methyl/N-ethyl adjacent to an activating group) is 1. The summed E-state index contributed by atoms with van der Waals surface area (Å²) in [4.78, 5) is 33.2. The van der Waals surface area contributed by atoms with Gasteiger partial charge in [0.1, 0.15) is 11.9 Å². The molecular weight excluding hydrogens is 409 g/mol. The Kier molecular flexibility index (Phi) is 5.49. The van der Waals surface area contributed by atoms with E-state index in [9.17, 15) is 19.2 Å². The van der Waals surface area contributed by atoms with Gasteiger partial charge in [-0.05, 0) is 43.7 Å². The van der Waals surface area contributed by atoms with Crippen molar-refractivity contribution >= 4 is 39.8 Å². The lowest BCUT2D eigenvalue weighted by Crippen LogP contribution is -2.44. The SMILES string of the molecule is Cc1cc(F)cc2c(N(C)CC(=O)N3c4ccccc4NC(=O)CC3C)c(C#N)cnc12. The number of aryl methyl sites for hydroxylation is 1. The highest BCUT2D eigenvalue weighted by Gasteiger charge is 2.30. The third kappa shape index (κ3) is 3.73. The van der Waals surface area contributed by atoms with Crippen LogP contribution < -0.4 is 15.1 Å². The summed E-state index contributed by atoms with van der Waals surface area (Å²) in [7, 11) is 1.69. The minimum Gasteiger partial charge on any atom is -0.364 e. The number of fused-ring (bicyclic) bond motifs is 2. The first-order chi connectivity index (χ1) is 15.3. The van der Waals surface area contributed by atoms with Crippen molar-refractivity contribution in [2.75, 3.05) is 28.7 Å². The number of carbonyl (C=O) groups is 2. The molecule has 0 saturated heterocycles. The summed E-state index contributed by atoms with van der Waals surface area (Å²) in [6.07, 6.45) is 1.60. The molecule has 8 heteroatoms. The van der Waals surface area contributed by atoms with Crippen LogP contribution in [0.15, 0.2) is 42.6 Å². The number of benzene rings is 2. The average Bonchev–Trinajstić information content (AvgIpc) is 2.86. The van der Waals surface area contributed by atoms with Crippen molar-refractivity contribution < 1.29 is 14.0 Å². The van der Waals surface area contributed by atoms with Gasteiger partial charge < -0.3 is 15.1 Å². The maximum atomic E-state index is 14.2. The van der Waals surface area contributed by atoms with Crippen molar-refractivity contribution in [2.24, 2.45) is 0 Å². The summed E-state index contributed by atoms with van der Waals surface area (Å²) >= 11 is 0. The number of pyridine rings is 1. The molecule has 162 valence electrons. The number of rotatable bonds is 3. The Morgan fingerprint density at radius 1 is 1.38 bits per heavy atom. The van der Waals surface area contributed by atoms with Crippen LogP contribution in [0, 0.1) is 24.1 Å². The fourth-order valence-electron chi connectivity index (χ4n) is 4.24. The van der Waals surface area contributed by atoms with E-state index >= 15 is 0 Å². The summed E-state index contributed by atoms with van der Waals surface area (Å²) in [5.74, 6) is -0.843. The number of nitriles is 1. The predicted molar refractivity (Wildman–Crippen MR) is 121 cm³/mol. The minimum absolute atomic E-state index is 0.0732. The molecule has 4 rings (SSSR count). The van der Waals surface area contributed by atoms with Crippen LogP contribution in [0.2, 0.25) is 0 Å². The highest BCUT2D eigenvalue weighted by Crippen LogP contribution is 2.33. The summed E-state index contributed by atoms with van der Waals surface area (Å²) in [5, 5.41) is 12.9. The van der Waals surface area contributed by atoms with Crippen LogP contribution in [-0.2, 0) is 9.59 Å². The van der Waals surface area contributed by atoms with Crippen molar-refractivity contribution in [1.82, 2.24) is 4.98 Å². The van der Waals surface area contributed by atoms with Crippen molar-refractivity contribution in [3.8, 4) is 6.07 Å². The van der Waals surface area contributed by atoms with E-state index in [1.165, 1.54) is 18.3 Å². The Balaban J connectivity index is 1.74. The summed E-state index contributed by atoms with van der Waals surface area (Å²) in [5.41, 5.74) is 3.10. The summed E-state index contributed by atoms with van der Waals surface area (Å²) in [6, 6.07) is 11.6. The number of carbonyl (C=O) groups excluding carboxylic acids is 2. The van der Waals surface area contributed by atoms with Crippen molar-refractivity contribution in [1.29, 1.82) is 5.26 Å². The van der Waals surface area contributed by atoms with Crippen LogP contribution in [-0.4, -0.2) is 36.4 Å². The van der Waals surface area contributed by atoms with Crippen LogP contribution >= 0.6 is 0 Å². The largest absolute Gasteiger partial charge is 0.364 e. The van der Waals surface area contributed by atoms with Gasteiger partial charge in [-0.2, -0.15) is 5.26 Å². The first kappa shape index (κ1) is 21.2. The maximum Gasteiger partial charge on any atom is 0.246 e. The summed E-state index contributed by atoms with van der Waals surface area (Å²) in [6.45, 7) is 3.50. The van der Waals surface area contributed by atoms with Gasteiger partial charge in [0.15, 0.2) is 0 Å². The quantitative estimate of drug-likeness (QED) is 0.682. The number of nitrogens with zero attached hydrogens (tertiary/aromatic N) is 4. The molecule has 1 N–H and O–H groups in total. The van der Waals surface area contributed by atoms with Crippen LogP contribution in [0.3, 0.4) is 0 Å². The molecule has 7 nitrogen and oxygen atoms in total. The third-order valence-corrected chi connectivity index (χ3v) is 5.60. The van der Waals surface area contributed by atoms with E-state index in [0.29, 0.717) is 33.5 Å². The number of aromatic nitrogens is 1. The molecule has 2 aromatic carbocycles. The lowest BCUT2D eigenvalue weighted by molar-refractivity contribution is -0.118. The zero-order valence-corrected chi connectivity index (χ0v) is 18.0. The number of hydrogen-bond acceptors (Lipinski definition) is 5. The van der Waals surface area contributed by atoms with E-state index in [-0.39, 0.29) is 36.4 Å². The second kappa shape index (κ2) is 8.27. The second-order valence-corrected chi connectivity index (χ2v) is 7.99. The third-order valence-electron chi connectivity index (χ3n) is 5.60. The van der Waals surface area contributed by atoms with Crippen LogP contribution in [0.5, 0.6) is 0 Å². The molecule has 3 aromatic rings. The van der Waals surface area contributed by atoms with Crippen LogP contribution in [0.25, 0.3) is 10.9 Å². The molecule has 1 atom stereocenters. The lowest BCUT2D eigenvalue weighted by Gasteiger charge is -2.31. The number of anilines is 3. The zero-order valence-electron chi connectivity index (χ0n) is 18.0. The average molecular weight is 431 g/mol. The van der Waals surface area contributed by atoms with E-state index in [0.717, 1.165) is 0 Å². The van der Waals surface area contributed by atoms with Gasteiger partial charge in [-0.15, -0.1) is 0 Å². The Morgan fingerprint density at radius 3 is 2.88 bits per heavy atom. The molecule has 1 aliphatic heterocycles. The fourth-order valence-corrected chi connectivity index (χ4v) is 4.24. The highest BCUT2D eigenvalue weighted by atomic mass is 19.1. The van der Waals surface area contributed by atoms with Gasteiger partial charge in [0.25, 0.3) is 0 Å².